The predicted molar refractivity (Wildman–Crippen MR) is 74.7 cm³/mol. The second-order valence-corrected chi connectivity index (χ2v) is 4.95. The van der Waals surface area contributed by atoms with Crippen LogP contribution >= 0.6 is 0 Å². The van der Waals surface area contributed by atoms with Crippen molar-refractivity contribution in [2.75, 3.05) is 13.2 Å². The van der Waals surface area contributed by atoms with E-state index >= 15 is 0 Å². The van der Waals surface area contributed by atoms with E-state index in [1.54, 1.807) is 0 Å². The number of nitrogens with one attached hydrogen (secondary N) is 1. The van der Waals surface area contributed by atoms with Gasteiger partial charge in [0, 0.05) is 31.5 Å². The monoisotopic (exact) mass is 253 g/mol. The summed E-state index contributed by atoms with van der Waals surface area (Å²) in [5, 5.41) is 7.93. The molecule has 0 saturated carbocycles. The van der Waals surface area contributed by atoms with Gasteiger partial charge >= 0.3 is 0 Å². The Bertz CT molecular complexity index is 334. The molecule has 0 aliphatic heterocycles. The zero-order valence-corrected chi connectivity index (χ0v) is 12.2. The summed E-state index contributed by atoms with van der Waals surface area (Å²) >= 11 is 0. The molecule has 0 atom stereocenters. The molecule has 18 heavy (non-hydrogen) atoms. The van der Waals surface area contributed by atoms with Crippen LogP contribution in [0.15, 0.2) is 6.20 Å². The third-order valence-electron chi connectivity index (χ3n) is 2.77. The topological polar surface area (TPSA) is 39.1 Å². The maximum atomic E-state index is 5.50. The number of ether oxygens (including phenoxy) is 1. The van der Waals surface area contributed by atoms with E-state index in [2.05, 4.69) is 44.3 Å². The molecule has 0 spiro atoms. The molecule has 1 heterocycles. The number of aromatic nitrogens is 2. The number of aryl methyl sites for hydroxylation is 2. The van der Waals surface area contributed by atoms with Crippen LogP contribution in [0, 0.1) is 6.92 Å². The van der Waals surface area contributed by atoms with Gasteiger partial charge < -0.3 is 10.1 Å². The number of hydrogen-bond donors (Lipinski definition) is 1. The average Bonchev–Trinajstić information content (AvgIpc) is 2.64. The summed E-state index contributed by atoms with van der Waals surface area (Å²) in [6, 6.07) is 0. The molecule has 0 radical (unpaired) electrons. The molecular formula is C14H27N3O. The maximum Gasteiger partial charge on any atom is 0.0638 e. The van der Waals surface area contributed by atoms with Crippen LogP contribution in [0.3, 0.4) is 0 Å². The lowest BCUT2D eigenvalue weighted by Gasteiger charge is -2.07. The zero-order valence-electron chi connectivity index (χ0n) is 12.2. The molecule has 0 bridgehead atoms. The Balaban J connectivity index is 2.18. The molecule has 0 aromatic carbocycles. The third kappa shape index (κ3) is 5.65. The highest BCUT2D eigenvalue weighted by Crippen LogP contribution is 2.05. The molecule has 0 unspecified atom stereocenters. The molecule has 1 aromatic rings. The lowest BCUT2D eigenvalue weighted by Crippen LogP contribution is -2.17. The molecule has 104 valence electrons. The first-order valence-corrected chi connectivity index (χ1v) is 6.98. The standard InChI is InChI=1S/C14H27N3O/c1-5-8-17-11-14(13(4)16-17)10-15-7-6-9-18-12(2)3/h11-12,15H,5-10H2,1-4H3. The van der Waals surface area contributed by atoms with Crippen LogP contribution in [0.25, 0.3) is 0 Å². The van der Waals surface area contributed by atoms with Gasteiger partial charge in [0.05, 0.1) is 11.8 Å². The fourth-order valence-electron chi connectivity index (χ4n) is 1.82. The summed E-state index contributed by atoms with van der Waals surface area (Å²) in [6.07, 6.45) is 4.66. The number of nitrogens with zero attached hydrogens (tertiary/aromatic N) is 2. The van der Waals surface area contributed by atoms with E-state index < -0.39 is 0 Å². The molecule has 0 fully saturated rings. The second kappa shape index (κ2) is 8.27. The molecule has 0 aliphatic rings. The lowest BCUT2D eigenvalue weighted by molar-refractivity contribution is 0.0770. The van der Waals surface area contributed by atoms with E-state index in [-0.39, 0.29) is 0 Å². The van der Waals surface area contributed by atoms with Crippen LogP contribution in [0.5, 0.6) is 0 Å². The fourth-order valence-corrected chi connectivity index (χ4v) is 1.82. The van der Waals surface area contributed by atoms with Gasteiger partial charge in [0.15, 0.2) is 0 Å². The van der Waals surface area contributed by atoms with Crippen molar-refractivity contribution in [3.05, 3.63) is 17.5 Å². The minimum absolute atomic E-state index is 0.333. The van der Waals surface area contributed by atoms with Crippen molar-refractivity contribution in [1.29, 1.82) is 0 Å². The number of rotatable bonds is 9. The molecule has 0 aliphatic carbocycles. The molecular weight excluding hydrogens is 226 g/mol. The molecule has 1 N–H and O–H groups in total. The van der Waals surface area contributed by atoms with Crippen molar-refractivity contribution < 1.29 is 4.74 Å². The van der Waals surface area contributed by atoms with Crippen molar-refractivity contribution in [1.82, 2.24) is 15.1 Å². The van der Waals surface area contributed by atoms with E-state index in [4.69, 9.17) is 4.74 Å². The van der Waals surface area contributed by atoms with Gasteiger partial charge in [-0.2, -0.15) is 5.10 Å². The van der Waals surface area contributed by atoms with E-state index in [1.807, 2.05) is 4.68 Å². The first kappa shape index (κ1) is 15.2. The minimum atomic E-state index is 0.333. The quantitative estimate of drug-likeness (QED) is 0.687. The third-order valence-corrected chi connectivity index (χ3v) is 2.77. The van der Waals surface area contributed by atoms with Gasteiger partial charge in [0.25, 0.3) is 0 Å². The largest absolute Gasteiger partial charge is 0.379 e. The van der Waals surface area contributed by atoms with Crippen molar-refractivity contribution in [2.24, 2.45) is 0 Å². The summed E-state index contributed by atoms with van der Waals surface area (Å²) in [5.41, 5.74) is 2.43. The first-order chi connectivity index (χ1) is 8.63. The molecule has 4 nitrogen and oxygen atoms in total. The van der Waals surface area contributed by atoms with Crippen molar-refractivity contribution >= 4 is 0 Å². The highest BCUT2D eigenvalue weighted by molar-refractivity contribution is 5.14. The van der Waals surface area contributed by atoms with Gasteiger partial charge in [0.1, 0.15) is 0 Å². The van der Waals surface area contributed by atoms with Crippen LogP contribution in [-0.4, -0.2) is 29.0 Å². The Morgan fingerprint density at radius 1 is 1.44 bits per heavy atom. The zero-order chi connectivity index (χ0) is 13.4. The van der Waals surface area contributed by atoms with Crippen molar-refractivity contribution in [3.63, 3.8) is 0 Å². The van der Waals surface area contributed by atoms with Gasteiger partial charge in [-0.15, -0.1) is 0 Å². The molecule has 1 aromatic heterocycles. The van der Waals surface area contributed by atoms with Gasteiger partial charge in [-0.1, -0.05) is 6.92 Å². The van der Waals surface area contributed by atoms with Crippen LogP contribution in [-0.2, 0) is 17.8 Å². The predicted octanol–water partition coefficient (Wildman–Crippen LogP) is 2.51. The maximum absolute atomic E-state index is 5.50. The summed E-state index contributed by atoms with van der Waals surface area (Å²) in [7, 11) is 0. The lowest BCUT2D eigenvalue weighted by atomic mass is 10.2. The summed E-state index contributed by atoms with van der Waals surface area (Å²) in [5.74, 6) is 0. The molecule has 4 heteroatoms. The van der Waals surface area contributed by atoms with Gasteiger partial charge in [0.2, 0.25) is 0 Å². The van der Waals surface area contributed by atoms with E-state index in [1.165, 1.54) is 5.56 Å². The van der Waals surface area contributed by atoms with Crippen LogP contribution in [0.2, 0.25) is 0 Å². The van der Waals surface area contributed by atoms with Gasteiger partial charge in [-0.25, -0.2) is 0 Å². The van der Waals surface area contributed by atoms with Crippen LogP contribution < -0.4 is 5.32 Å². The van der Waals surface area contributed by atoms with E-state index in [0.717, 1.165) is 44.8 Å². The highest BCUT2D eigenvalue weighted by atomic mass is 16.5. The SMILES string of the molecule is CCCn1cc(CNCCCOC(C)C)c(C)n1. The smallest absolute Gasteiger partial charge is 0.0638 e. The fraction of sp³-hybridized carbons (Fsp3) is 0.786. The Morgan fingerprint density at radius 2 is 2.22 bits per heavy atom. The van der Waals surface area contributed by atoms with Crippen LogP contribution in [0.4, 0.5) is 0 Å². The summed E-state index contributed by atoms with van der Waals surface area (Å²) in [6.45, 7) is 12.1. The van der Waals surface area contributed by atoms with Crippen molar-refractivity contribution in [3.8, 4) is 0 Å². The van der Waals surface area contributed by atoms with Gasteiger partial charge in [-0.3, -0.25) is 4.68 Å². The molecule has 0 saturated heterocycles. The average molecular weight is 253 g/mol. The Hall–Kier alpha value is -0.870. The van der Waals surface area contributed by atoms with Crippen molar-refractivity contribution in [2.45, 2.75) is 59.7 Å². The summed E-state index contributed by atoms with van der Waals surface area (Å²) in [4.78, 5) is 0. The minimum Gasteiger partial charge on any atom is -0.379 e. The Kier molecular flexibility index (Phi) is 6.98. The first-order valence-electron chi connectivity index (χ1n) is 6.98. The van der Waals surface area contributed by atoms with Gasteiger partial charge in [-0.05, 0) is 40.2 Å². The Labute approximate surface area is 111 Å². The van der Waals surface area contributed by atoms with E-state index in [0.29, 0.717) is 6.10 Å². The van der Waals surface area contributed by atoms with E-state index in [9.17, 15) is 0 Å². The second-order valence-electron chi connectivity index (χ2n) is 4.95. The Morgan fingerprint density at radius 3 is 2.89 bits per heavy atom. The highest BCUT2D eigenvalue weighted by Gasteiger charge is 2.03. The normalized spacial score (nSPS) is 11.4. The number of hydrogen-bond acceptors (Lipinski definition) is 3. The summed E-state index contributed by atoms with van der Waals surface area (Å²) < 4.78 is 7.53. The van der Waals surface area contributed by atoms with Crippen LogP contribution in [0.1, 0.15) is 44.9 Å². The molecule has 0 amide bonds. The molecule has 1 rings (SSSR count).